The SMILES string of the molecule is Cc1cc(N2CCCC2)ccc1NC(=O)COC(=O)Cc1ccccc1[N+](=O)[O-]. The smallest absolute Gasteiger partial charge is 0.311 e. The molecule has 0 aliphatic carbocycles. The van der Waals surface area contributed by atoms with Crippen LogP contribution >= 0.6 is 0 Å². The number of carbonyl (C=O) groups is 2. The normalized spacial score (nSPS) is 13.2. The Morgan fingerprint density at radius 1 is 1.17 bits per heavy atom. The number of rotatable bonds is 7. The van der Waals surface area contributed by atoms with E-state index in [1.165, 1.54) is 31.0 Å². The molecule has 1 fully saturated rings. The van der Waals surface area contributed by atoms with Crippen molar-refractivity contribution < 1.29 is 19.2 Å². The largest absolute Gasteiger partial charge is 0.455 e. The first-order valence-electron chi connectivity index (χ1n) is 9.47. The molecule has 29 heavy (non-hydrogen) atoms. The van der Waals surface area contributed by atoms with E-state index in [2.05, 4.69) is 10.2 Å². The van der Waals surface area contributed by atoms with Crippen molar-refractivity contribution in [3.05, 3.63) is 63.7 Å². The number of anilines is 2. The van der Waals surface area contributed by atoms with Gasteiger partial charge in [0.1, 0.15) is 0 Å². The van der Waals surface area contributed by atoms with Gasteiger partial charge in [0.25, 0.3) is 11.6 Å². The van der Waals surface area contributed by atoms with Crippen LogP contribution in [0.1, 0.15) is 24.0 Å². The number of amides is 1. The van der Waals surface area contributed by atoms with Crippen molar-refractivity contribution >= 4 is 28.9 Å². The van der Waals surface area contributed by atoms with Crippen LogP contribution in [0.25, 0.3) is 0 Å². The molecule has 1 aliphatic rings. The average molecular weight is 397 g/mol. The van der Waals surface area contributed by atoms with Gasteiger partial charge < -0.3 is 15.0 Å². The molecule has 8 heteroatoms. The number of benzene rings is 2. The van der Waals surface area contributed by atoms with Crippen LogP contribution in [0.4, 0.5) is 17.1 Å². The van der Waals surface area contributed by atoms with E-state index < -0.39 is 23.4 Å². The summed E-state index contributed by atoms with van der Waals surface area (Å²) >= 11 is 0. The molecule has 0 saturated carbocycles. The molecule has 152 valence electrons. The van der Waals surface area contributed by atoms with E-state index in [9.17, 15) is 19.7 Å². The van der Waals surface area contributed by atoms with Crippen LogP contribution in [-0.4, -0.2) is 36.5 Å². The summed E-state index contributed by atoms with van der Waals surface area (Å²) in [5.41, 5.74) is 2.81. The Balaban J connectivity index is 1.52. The van der Waals surface area contributed by atoms with Gasteiger partial charge in [-0.25, -0.2) is 0 Å². The molecule has 1 aliphatic heterocycles. The van der Waals surface area contributed by atoms with Crippen molar-refractivity contribution in [1.82, 2.24) is 0 Å². The van der Waals surface area contributed by atoms with Crippen LogP contribution in [0.2, 0.25) is 0 Å². The lowest BCUT2D eigenvalue weighted by atomic mass is 10.1. The van der Waals surface area contributed by atoms with Gasteiger partial charge in [-0.15, -0.1) is 0 Å². The zero-order chi connectivity index (χ0) is 20.8. The Hall–Kier alpha value is -3.42. The van der Waals surface area contributed by atoms with E-state index in [1.54, 1.807) is 6.07 Å². The second-order valence-electron chi connectivity index (χ2n) is 6.96. The molecule has 0 atom stereocenters. The minimum absolute atomic E-state index is 0.150. The van der Waals surface area contributed by atoms with Gasteiger partial charge in [0.2, 0.25) is 0 Å². The molecule has 0 unspecified atom stereocenters. The second kappa shape index (κ2) is 9.18. The molecule has 0 bridgehead atoms. The summed E-state index contributed by atoms with van der Waals surface area (Å²) in [6.07, 6.45) is 2.11. The van der Waals surface area contributed by atoms with Gasteiger partial charge in [-0.1, -0.05) is 18.2 Å². The monoisotopic (exact) mass is 397 g/mol. The van der Waals surface area contributed by atoms with Gasteiger partial charge >= 0.3 is 5.97 Å². The third-order valence-electron chi connectivity index (χ3n) is 4.84. The fourth-order valence-electron chi connectivity index (χ4n) is 3.34. The summed E-state index contributed by atoms with van der Waals surface area (Å²) in [7, 11) is 0. The van der Waals surface area contributed by atoms with Crippen molar-refractivity contribution in [2.24, 2.45) is 0 Å². The average Bonchev–Trinajstić information content (AvgIpc) is 3.23. The molecule has 0 aromatic heterocycles. The molecule has 0 radical (unpaired) electrons. The molecule has 1 heterocycles. The van der Waals surface area contributed by atoms with Gasteiger partial charge in [-0.2, -0.15) is 0 Å². The molecule has 0 spiro atoms. The van der Waals surface area contributed by atoms with Crippen LogP contribution in [0, 0.1) is 17.0 Å². The quantitative estimate of drug-likeness (QED) is 0.437. The van der Waals surface area contributed by atoms with E-state index in [0.29, 0.717) is 5.69 Å². The lowest BCUT2D eigenvalue weighted by Crippen LogP contribution is -2.22. The van der Waals surface area contributed by atoms with E-state index in [-0.39, 0.29) is 17.7 Å². The lowest BCUT2D eigenvalue weighted by Gasteiger charge is -2.19. The third kappa shape index (κ3) is 5.31. The van der Waals surface area contributed by atoms with E-state index in [0.717, 1.165) is 24.3 Å². The maximum atomic E-state index is 12.1. The number of hydrogen-bond acceptors (Lipinski definition) is 6. The molecule has 2 aromatic carbocycles. The van der Waals surface area contributed by atoms with Crippen molar-refractivity contribution in [3.8, 4) is 0 Å². The number of nitrogens with one attached hydrogen (secondary N) is 1. The number of para-hydroxylation sites is 1. The van der Waals surface area contributed by atoms with Crippen LogP contribution < -0.4 is 10.2 Å². The van der Waals surface area contributed by atoms with Crippen molar-refractivity contribution in [2.75, 3.05) is 29.9 Å². The number of hydrogen-bond donors (Lipinski definition) is 1. The predicted molar refractivity (Wildman–Crippen MR) is 109 cm³/mol. The van der Waals surface area contributed by atoms with Gasteiger partial charge in [-0.05, 0) is 43.5 Å². The molecule has 1 amide bonds. The van der Waals surface area contributed by atoms with Crippen LogP contribution in [0.15, 0.2) is 42.5 Å². The summed E-state index contributed by atoms with van der Waals surface area (Å²) in [5, 5.41) is 13.7. The maximum Gasteiger partial charge on any atom is 0.311 e. The topological polar surface area (TPSA) is 102 Å². The van der Waals surface area contributed by atoms with Crippen molar-refractivity contribution in [1.29, 1.82) is 0 Å². The predicted octanol–water partition coefficient (Wildman–Crippen LogP) is 3.23. The number of carbonyl (C=O) groups excluding carboxylic acids is 2. The Labute approximate surface area is 168 Å². The fraction of sp³-hybridized carbons (Fsp3) is 0.333. The van der Waals surface area contributed by atoms with E-state index in [1.807, 2.05) is 25.1 Å². The first kappa shape index (κ1) is 20.3. The summed E-state index contributed by atoms with van der Waals surface area (Å²) in [5.74, 6) is -1.16. The van der Waals surface area contributed by atoms with Crippen LogP contribution in [0.5, 0.6) is 0 Å². The minimum Gasteiger partial charge on any atom is -0.455 e. The summed E-state index contributed by atoms with van der Waals surface area (Å²) in [4.78, 5) is 36.9. The first-order chi connectivity index (χ1) is 13.9. The van der Waals surface area contributed by atoms with Gasteiger partial charge in [0.15, 0.2) is 6.61 Å². The molecule has 1 saturated heterocycles. The first-order valence-corrected chi connectivity index (χ1v) is 9.47. The van der Waals surface area contributed by atoms with E-state index >= 15 is 0 Å². The van der Waals surface area contributed by atoms with Gasteiger partial charge in [0.05, 0.1) is 11.3 Å². The van der Waals surface area contributed by atoms with Crippen molar-refractivity contribution in [3.63, 3.8) is 0 Å². The fourth-order valence-corrected chi connectivity index (χ4v) is 3.34. The van der Waals surface area contributed by atoms with Gasteiger partial charge in [0, 0.05) is 36.1 Å². The second-order valence-corrected chi connectivity index (χ2v) is 6.96. The standard InChI is InChI=1S/C21H23N3O5/c1-15-12-17(23-10-4-5-11-23)8-9-18(15)22-20(25)14-29-21(26)13-16-6-2-3-7-19(16)24(27)28/h2-3,6-9,12H,4-5,10-11,13-14H2,1H3,(H,22,25). The summed E-state index contributed by atoms with van der Waals surface area (Å²) in [6, 6.07) is 11.8. The highest BCUT2D eigenvalue weighted by molar-refractivity contribution is 5.93. The molecule has 8 nitrogen and oxygen atoms in total. The lowest BCUT2D eigenvalue weighted by molar-refractivity contribution is -0.385. The number of esters is 1. The van der Waals surface area contributed by atoms with Crippen molar-refractivity contribution in [2.45, 2.75) is 26.2 Å². The molecule has 1 N–H and O–H groups in total. The highest BCUT2D eigenvalue weighted by atomic mass is 16.6. The molecular formula is C21H23N3O5. The Bertz CT molecular complexity index is 922. The minimum atomic E-state index is -0.699. The Morgan fingerprint density at radius 3 is 2.59 bits per heavy atom. The number of aryl methyl sites for hydroxylation is 1. The third-order valence-corrected chi connectivity index (χ3v) is 4.84. The highest BCUT2D eigenvalue weighted by Crippen LogP contribution is 2.25. The number of nitro benzene ring substituents is 1. The number of nitro groups is 1. The van der Waals surface area contributed by atoms with E-state index in [4.69, 9.17) is 4.74 Å². The summed E-state index contributed by atoms with van der Waals surface area (Å²) in [6.45, 7) is 3.55. The number of ether oxygens (including phenoxy) is 1. The number of nitrogens with zero attached hydrogens (tertiary/aromatic N) is 2. The summed E-state index contributed by atoms with van der Waals surface area (Å²) < 4.78 is 4.98. The van der Waals surface area contributed by atoms with Crippen LogP contribution in [0.3, 0.4) is 0 Å². The molecular weight excluding hydrogens is 374 g/mol. The highest BCUT2D eigenvalue weighted by Gasteiger charge is 2.18. The van der Waals surface area contributed by atoms with Gasteiger partial charge in [-0.3, -0.25) is 19.7 Å². The zero-order valence-electron chi connectivity index (χ0n) is 16.2. The Kier molecular flexibility index (Phi) is 6.43. The zero-order valence-corrected chi connectivity index (χ0v) is 16.2. The maximum absolute atomic E-state index is 12.1. The molecule has 3 rings (SSSR count). The molecule has 2 aromatic rings. The van der Waals surface area contributed by atoms with Crippen LogP contribution in [-0.2, 0) is 20.7 Å². The Morgan fingerprint density at radius 2 is 1.90 bits per heavy atom.